The van der Waals surface area contributed by atoms with Gasteiger partial charge < -0.3 is 25.6 Å². The van der Waals surface area contributed by atoms with Gasteiger partial charge in [0.05, 0.1) is 17.8 Å². The van der Waals surface area contributed by atoms with Gasteiger partial charge in [-0.05, 0) is 32.7 Å². The number of nitrogens with one attached hydrogen (secondary N) is 1. The Morgan fingerprint density at radius 1 is 0.960 bits per heavy atom. The third-order valence-electron chi connectivity index (χ3n) is 4.10. The molecule has 3 atom stereocenters. The topological polar surface area (TPSA) is 128 Å². The number of likely N-dealkylation sites (N-methyl/N-ethyl adjacent to an activating group) is 1. The molecule has 4 N–H and O–H groups in total. The molecule has 0 aliphatic carbocycles. The van der Waals surface area contributed by atoms with E-state index in [1.54, 1.807) is 14.0 Å². The van der Waals surface area contributed by atoms with Gasteiger partial charge in [0.15, 0.2) is 0 Å². The van der Waals surface area contributed by atoms with Gasteiger partial charge in [-0.1, -0.05) is 13.8 Å². The summed E-state index contributed by atoms with van der Waals surface area (Å²) in [6, 6.07) is 0. The van der Waals surface area contributed by atoms with Crippen LogP contribution in [0.4, 0.5) is 0 Å². The van der Waals surface area contributed by atoms with E-state index in [0.29, 0.717) is 19.4 Å². The monoisotopic (exact) mass is 360 g/mol. The van der Waals surface area contributed by atoms with E-state index in [-0.39, 0.29) is 38.6 Å². The summed E-state index contributed by atoms with van der Waals surface area (Å²) in [6.45, 7) is 4.65. The van der Waals surface area contributed by atoms with Gasteiger partial charge in [0.2, 0.25) is 0 Å². The Bertz CT molecular complexity index is 416. The Morgan fingerprint density at radius 2 is 1.48 bits per heavy atom. The highest BCUT2D eigenvalue weighted by molar-refractivity contribution is 5.77. The number of carbonyl (C=O) groups is 3. The Hall–Kier alpha value is -1.67. The van der Waals surface area contributed by atoms with Crippen LogP contribution in [-0.4, -0.2) is 56.4 Å². The predicted octanol–water partition coefficient (Wildman–Crippen LogP) is 0.784. The number of carboxylic acid groups (broad SMARTS) is 1. The summed E-state index contributed by atoms with van der Waals surface area (Å²) in [5.41, 5.74) is 5.34. The summed E-state index contributed by atoms with van der Waals surface area (Å²) in [4.78, 5) is 35.7. The lowest BCUT2D eigenvalue weighted by atomic mass is 9.85. The summed E-state index contributed by atoms with van der Waals surface area (Å²) in [7, 11) is 1.76. The Labute approximate surface area is 149 Å². The molecule has 8 heteroatoms. The summed E-state index contributed by atoms with van der Waals surface area (Å²) in [6.07, 6.45) is 1.25. The van der Waals surface area contributed by atoms with Gasteiger partial charge >= 0.3 is 17.9 Å². The van der Waals surface area contributed by atoms with E-state index in [1.807, 2.05) is 6.92 Å². The van der Waals surface area contributed by atoms with Crippen LogP contribution >= 0.6 is 0 Å². The van der Waals surface area contributed by atoms with Crippen LogP contribution < -0.4 is 11.1 Å². The van der Waals surface area contributed by atoms with Crippen molar-refractivity contribution in [1.29, 1.82) is 0 Å². The first-order valence-corrected chi connectivity index (χ1v) is 8.81. The Balaban J connectivity index is 4.99. The fourth-order valence-corrected chi connectivity index (χ4v) is 2.50. The molecule has 0 amide bonds. The molecule has 146 valence electrons. The maximum atomic E-state index is 12.3. The molecule has 0 aromatic heterocycles. The summed E-state index contributed by atoms with van der Waals surface area (Å²) < 4.78 is 10.3. The highest BCUT2D eigenvalue weighted by Gasteiger charge is 2.32. The Morgan fingerprint density at radius 3 is 1.96 bits per heavy atom. The van der Waals surface area contributed by atoms with E-state index >= 15 is 0 Å². The third-order valence-corrected chi connectivity index (χ3v) is 4.10. The molecule has 8 nitrogen and oxygen atoms in total. The molecule has 0 fully saturated rings. The molecule has 0 radical (unpaired) electrons. The van der Waals surface area contributed by atoms with Gasteiger partial charge in [-0.15, -0.1) is 0 Å². The molecule has 0 aliphatic heterocycles. The zero-order valence-electron chi connectivity index (χ0n) is 15.5. The predicted molar refractivity (Wildman–Crippen MR) is 92.8 cm³/mol. The second kappa shape index (κ2) is 13.6. The molecule has 0 bridgehead atoms. The van der Waals surface area contributed by atoms with E-state index in [4.69, 9.17) is 15.2 Å². The van der Waals surface area contributed by atoms with Crippen LogP contribution in [0.5, 0.6) is 0 Å². The van der Waals surface area contributed by atoms with Gasteiger partial charge in [-0.2, -0.15) is 0 Å². The number of carbonyl (C=O) groups excluding carboxylic acids is 2. The van der Waals surface area contributed by atoms with Crippen molar-refractivity contribution >= 4 is 17.9 Å². The molecule has 0 saturated heterocycles. The zero-order chi connectivity index (χ0) is 19.2. The third kappa shape index (κ3) is 9.40. The molecule has 2 unspecified atom stereocenters. The van der Waals surface area contributed by atoms with Crippen molar-refractivity contribution in [2.45, 2.75) is 39.5 Å². The average molecular weight is 360 g/mol. The maximum absolute atomic E-state index is 12.3. The van der Waals surface area contributed by atoms with Gasteiger partial charge in [0, 0.05) is 13.1 Å². The number of nitrogens with two attached hydrogens (primary N) is 1. The van der Waals surface area contributed by atoms with Crippen molar-refractivity contribution in [3.63, 3.8) is 0 Å². The number of carboxylic acids is 1. The number of ether oxygens (including phenoxy) is 2. The molecular formula is C17H32N2O6. The molecule has 0 aliphatic rings. The molecule has 0 rings (SSSR count). The van der Waals surface area contributed by atoms with Crippen LogP contribution in [0.2, 0.25) is 0 Å². The first-order chi connectivity index (χ1) is 11.9. The molecule has 0 aromatic carbocycles. The SMILES string of the molecule is CCC(CC(C[C@@H](CC)C(=O)OCCNC)C(=O)OCCN)C(=O)O. The molecule has 0 saturated carbocycles. The number of rotatable bonds is 14. The van der Waals surface area contributed by atoms with E-state index in [0.717, 1.165) is 0 Å². The number of hydrogen-bond acceptors (Lipinski definition) is 7. The highest BCUT2D eigenvalue weighted by atomic mass is 16.5. The van der Waals surface area contributed by atoms with E-state index in [9.17, 15) is 19.5 Å². The van der Waals surface area contributed by atoms with Crippen LogP contribution in [0.1, 0.15) is 39.5 Å². The summed E-state index contributed by atoms with van der Waals surface area (Å²) in [5.74, 6) is -3.64. The van der Waals surface area contributed by atoms with Crippen molar-refractivity contribution in [2.75, 3.05) is 33.4 Å². The molecule has 25 heavy (non-hydrogen) atoms. The lowest BCUT2D eigenvalue weighted by Gasteiger charge is -2.23. The normalized spacial score (nSPS) is 14.4. The summed E-state index contributed by atoms with van der Waals surface area (Å²) >= 11 is 0. The maximum Gasteiger partial charge on any atom is 0.309 e. The minimum Gasteiger partial charge on any atom is -0.481 e. The fourth-order valence-electron chi connectivity index (χ4n) is 2.50. The largest absolute Gasteiger partial charge is 0.481 e. The molecule has 0 heterocycles. The summed E-state index contributed by atoms with van der Waals surface area (Å²) in [5, 5.41) is 12.1. The van der Waals surface area contributed by atoms with E-state index in [2.05, 4.69) is 5.32 Å². The van der Waals surface area contributed by atoms with Crippen molar-refractivity contribution in [3.8, 4) is 0 Å². The number of esters is 2. The number of aliphatic carboxylic acids is 1. The second-order valence-corrected chi connectivity index (χ2v) is 5.94. The van der Waals surface area contributed by atoms with Crippen molar-refractivity contribution in [3.05, 3.63) is 0 Å². The standard InChI is InChI=1S/C17H32N2O6/c1-4-12(15(20)21)10-14(17(23)24-8-6-18)11-13(5-2)16(22)25-9-7-19-3/h12-14,19H,4-11,18H2,1-3H3,(H,20,21)/t12?,13-,14?/m1/s1. The smallest absolute Gasteiger partial charge is 0.309 e. The average Bonchev–Trinajstić information content (AvgIpc) is 2.59. The first-order valence-electron chi connectivity index (χ1n) is 8.81. The van der Waals surface area contributed by atoms with Gasteiger partial charge in [-0.3, -0.25) is 14.4 Å². The fraction of sp³-hybridized carbons (Fsp3) is 0.824. The van der Waals surface area contributed by atoms with Crippen molar-refractivity contribution in [1.82, 2.24) is 5.32 Å². The van der Waals surface area contributed by atoms with Crippen molar-refractivity contribution < 1.29 is 29.0 Å². The van der Waals surface area contributed by atoms with Crippen molar-refractivity contribution in [2.24, 2.45) is 23.5 Å². The quantitative estimate of drug-likeness (QED) is 0.306. The molecule has 0 aromatic rings. The highest BCUT2D eigenvalue weighted by Crippen LogP contribution is 2.26. The van der Waals surface area contributed by atoms with Gasteiger partial charge in [-0.25, -0.2) is 0 Å². The Kier molecular flexibility index (Phi) is 12.7. The zero-order valence-corrected chi connectivity index (χ0v) is 15.5. The van der Waals surface area contributed by atoms with E-state index in [1.165, 1.54) is 0 Å². The minimum atomic E-state index is -0.955. The lowest BCUT2D eigenvalue weighted by Crippen LogP contribution is -2.30. The van der Waals surface area contributed by atoms with Gasteiger partial charge in [0.25, 0.3) is 0 Å². The van der Waals surface area contributed by atoms with E-state index < -0.39 is 29.7 Å². The van der Waals surface area contributed by atoms with Crippen LogP contribution in [0.15, 0.2) is 0 Å². The van der Waals surface area contributed by atoms with Crippen LogP contribution in [0.3, 0.4) is 0 Å². The van der Waals surface area contributed by atoms with Crippen LogP contribution in [0, 0.1) is 17.8 Å². The first kappa shape index (κ1) is 23.3. The van der Waals surface area contributed by atoms with Crippen LogP contribution in [0.25, 0.3) is 0 Å². The molecule has 0 spiro atoms. The lowest BCUT2D eigenvalue weighted by molar-refractivity contribution is -0.153. The number of hydrogen-bond donors (Lipinski definition) is 3. The van der Waals surface area contributed by atoms with Crippen LogP contribution in [-0.2, 0) is 23.9 Å². The van der Waals surface area contributed by atoms with Gasteiger partial charge in [0.1, 0.15) is 13.2 Å². The second-order valence-electron chi connectivity index (χ2n) is 5.94. The minimum absolute atomic E-state index is 0.0720. The molecular weight excluding hydrogens is 328 g/mol.